The molecule has 0 bridgehead atoms. The molecule has 0 radical (unpaired) electrons. The van der Waals surface area contributed by atoms with Crippen molar-refractivity contribution in [3.05, 3.63) is 53.3 Å². The Bertz CT molecular complexity index is 875. The number of nitrogens with two attached hydrogens (primary N) is 1. The van der Waals surface area contributed by atoms with E-state index in [1.165, 1.54) is 31.2 Å². The molecule has 0 spiro atoms. The van der Waals surface area contributed by atoms with E-state index in [2.05, 4.69) is 4.74 Å². The van der Waals surface area contributed by atoms with Crippen LogP contribution in [0.2, 0.25) is 1.41 Å². The Labute approximate surface area is 141 Å². The summed E-state index contributed by atoms with van der Waals surface area (Å²) in [6.07, 6.45) is -6.11. The monoisotopic (exact) mass is 356 g/mol. The Morgan fingerprint density at radius 3 is 2.68 bits per heavy atom. The molecule has 0 aliphatic carbocycles. The lowest BCUT2D eigenvalue weighted by atomic mass is 10.0. The van der Waals surface area contributed by atoms with Gasteiger partial charge in [-0.05, 0) is 31.2 Å². The van der Waals surface area contributed by atoms with Gasteiger partial charge in [0.25, 0.3) is 0 Å². The number of fused-ring (bicyclic) bond motifs is 1. The number of ether oxygens (including phenoxy) is 1. The molecule has 25 heavy (non-hydrogen) atoms. The molecule has 3 rings (SSSR count). The predicted molar refractivity (Wildman–Crippen MR) is 81.9 cm³/mol. The van der Waals surface area contributed by atoms with Crippen molar-refractivity contribution < 1.29 is 28.5 Å². The summed E-state index contributed by atoms with van der Waals surface area (Å²) < 4.78 is 63.2. The molecular formula is C16H13F4N3O2. The van der Waals surface area contributed by atoms with Crippen LogP contribution in [-0.2, 0) is 0 Å². The maximum absolute atomic E-state index is 13.9. The summed E-state index contributed by atoms with van der Waals surface area (Å²) in [4.78, 5) is 13.5. The third kappa shape index (κ3) is 3.22. The highest BCUT2D eigenvalue weighted by atomic mass is 19.4. The number of halogens is 4. The zero-order valence-corrected chi connectivity index (χ0v) is 12.8. The van der Waals surface area contributed by atoms with Crippen LogP contribution in [0.4, 0.5) is 33.7 Å². The van der Waals surface area contributed by atoms with Gasteiger partial charge in [-0.1, -0.05) is 6.07 Å². The van der Waals surface area contributed by atoms with Crippen molar-refractivity contribution in [2.45, 2.75) is 19.5 Å². The molecule has 1 aliphatic heterocycles. The Morgan fingerprint density at radius 2 is 2.00 bits per heavy atom. The van der Waals surface area contributed by atoms with E-state index in [0.717, 1.165) is 17.0 Å². The topological polar surface area (TPSA) is 67.6 Å². The molecule has 5 nitrogen and oxygen atoms in total. The molecule has 0 saturated carbocycles. The van der Waals surface area contributed by atoms with E-state index in [1.807, 2.05) is 0 Å². The molecule has 0 aromatic heterocycles. The lowest BCUT2D eigenvalue weighted by Gasteiger charge is -2.34. The lowest BCUT2D eigenvalue weighted by Crippen LogP contribution is -2.47. The van der Waals surface area contributed by atoms with Crippen LogP contribution in [0.15, 0.2) is 36.4 Å². The van der Waals surface area contributed by atoms with Gasteiger partial charge in [-0.3, -0.25) is 4.90 Å². The van der Waals surface area contributed by atoms with Crippen molar-refractivity contribution in [3.8, 4) is 5.75 Å². The van der Waals surface area contributed by atoms with Gasteiger partial charge in [0.05, 0.1) is 11.4 Å². The number of urea groups is 1. The molecule has 1 unspecified atom stereocenters. The minimum Gasteiger partial charge on any atom is -0.406 e. The summed E-state index contributed by atoms with van der Waals surface area (Å²) in [5, 5.41) is 0.469. The van der Waals surface area contributed by atoms with E-state index >= 15 is 0 Å². The van der Waals surface area contributed by atoms with Crippen molar-refractivity contribution in [1.29, 1.82) is 0 Å². The second-order valence-corrected chi connectivity index (χ2v) is 5.34. The average molecular weight is 356 g/mol. The van der Waals surface area contributed by atoms with E-state index in [9.17, 15) is 22.4 Å². The Morgan fingerprint density at radius 1 is 1.28 bits per heavy atom. The van der Waals surface area contributed by atoms with Crippen LogP contribution in [-0.4, -0.2) is 12.4 Å². The quantitative estimate of drug-likeness (QED) is 0.803. The summed E-state index contributed by atoms with van der Waals surface area (Å²) in [6, 6.07) is 6.27. The highest BCUT2D eigenvalue weighted by molar-refractivity contribution is 6.03. The van der Waals surface area contributed by atoms with Crippen LogP contribution >= 0.6 is 0 Å². The third-order valence-corrected chi connectivity index (χ3v) is 3.72. The molecule has 1 atom stereocenters. The number of rotatable bonds is 2. The van der Waals surface area contributed by atoms with Gasteiger partial charge in [0.15, 0.2) is 1.41 Å². The summed E-state index contributed by atoms with van der Waals surface area (Å²) in [7, 11) is 0. The van der Waals surface area contributed by atoms with Gasteiger partial charge in [-0.2, -0.15) is 0 Å². The van der Waals surface area contributed by atoms with Crippen LogP contribution in [0, 0.1) is 12.7 Å². The van der Waals surface area contributed by atoms with Crippen LogP contribution in [0.3, 0.4) is 0 Å². The van der Waals surface area contributed by atoms with E-state index in [0.29, 0.717) is 5.31 Å². The van der Waals surface area contributed by atoms with E-state index in [1.54, 1.807) is 0 Å². The summed E-state index contributed by atoms with van der Waals surface area (Å²) in [5.74, 6) is -1.17. The zero-order chi connectivity index (χ0) is 19.2. The Balaban J connectivity index is 2.19. The fourth-order valence-corrected chi connectivity index (χ4v) is 2.58. The number of hydrogen-bond donors (Lipinski definition) is 2. The van der Waals surface area contributed by atoms with E-state index in [-0.39, 0.29) is 22.5 Å². The number of alkyl halides is 3. The van der Waals surface area contributed by atoms with Crippen LogP contribution in [0.5, 0.6) is 5.75 Å². The van der Waals surface area contributed by atoms with Crippen molar-refractivity contribution in [2.75, 3.05) is 4.90 Å². The first-order valence-corrected chi connectivity index (χ1v) is 7.12. The maximum Gasteiger partial charge on any atom is 0.573 e. The van der Waals surface area contributed by atoms with Crippen molar-refractivity contribution in [3.63, 3.8) is 0 Å². The Hall–Kier alpha value is -2.81. The van der Waals surface area contributed by atoms with Crippen LogP contribution in [0.1, 0.15) is 17.3 Å². The van der Waals surface area contributed by atoms with Gasteiger partial charge in [0.1, 0.15) is 17.7 Å². The zero-order valence-electron chi connectivity index (χ0n) is 13.8. The lowest BCUT2D eigenvalue weighted by molar-refractivity contribution is -0.274. The van der Waals surface area contributed by atoms with Crippen molar-refractivity contribution in [2.24, 2.45) is 5.73 Å². The van der Waals surface area contributed by atoms with Crippen molar-refractivity contribution >= 4 is 17.4 Å². The summed E-state index contributed by atoms with van der Waals surface area (Å²) in [6.45, 7) is 1.41. The normalized spacial score (nSPS) is 18.1. The van der Waals surface area contributed by atoms with Crippen molar-refractivity contribution in [1.82, 2.24) is 5.31 Å². The number of benzene rings is 2. The standard InChI is InChI=1S/C16H13F4N3O2/c1-8-11(17)3-2-4-12(8)23-13-7-9(25-16(18,19)20)5-6-10(13)14(21)22-15(23)24/h2-7,14H,21H2,1H3,(H,22,24)/i/hD. The minimum atomic E-state index is -4.92. The van der Waals surface area contributed by atoms with Gasteiger partial charge >= 0.3 is 12.4 Å². The second-order valence-electron chi connectivity index (χ2n) is 5.34. The molecule has 2 amide bonds. The molecule has 2 aromatic rings. The van der Waals surface area contributed by atoms with E-state index < -0.39 is 30.1 Å². The molecule has 132 valence electrons. The number of carbonyl (C=O) groups is 1. The second kappa shape index (κ2) is 5.92. The van der Waals surface area contributed by atoms with Crippen LogP contribution in [0.25, 0.3) is 0 Å². The third-order valence-electron chi connectivity index (χ3n) is 3.72. The highest BCUT2D eigenvalue weighted by Gasteiger charge is 2.34. The number of anilines is 2. The van der Waals surface area contributed by atoms with Gasteiger partial charge in [-0.15, -0.1) is 13.2 Å². The van der Waals surface area contributed by atoms with E-state index in [4.69, 9.17) is 7.15 Å². The molecule has 2 aromatic carbocycles. The Kier molecular flexibility index (Phi) is 3.72. The first-order chi connectivity index (χ1) is 12.1. The number of nitrogens with one attached hydrogen (secondary N) is 1. The molecule has 9 heteroatoms. The van der Waals surface area contributed by atoms with Gasteiger partial charge < -0.3 is 15.8 Å². The first kappa shape index (κ1) is 15.7. The average Bonchev–Trinajstić information content (AvgIpc) is 2.55. The maximum atomic E-state index is 13.9. The van der Waals surface area contributed by atoms with Gasteiger partial charge in [0.2, 0.25) is 0 Å². The van der Waals surface area contributed by atoms with Gasteiger partial charge in [-0.25, -0.2) is 9.18 Å². The van der Waals surface area contributed by atoms with Crippen LogP contribution < -0.4 is 20.7 Å². The first-order valence-electron chi connectivity index (χ1n) is 7.57. The number of amides is 2. The van der Waals surface area contributed by atoms with Gasteiger partial charge in [0, 0.05) is 17.2 Å². The number of carbonyl (C=O) groups excluding carboxylic acids is 1. The number of hydrogen-bond acceptors (Lipinski definition) is 3. The predicted octanol–water partition coefficient (Wildman–Crippen LogP) is 3.85. The molecule has 0 saturated heterocycles. The summed E-state index contributed by atoms with van der Waals surface area (Å²) in [5.41, 5.74) is 6.21. The molecule has 1 heterocycles. The fraction of sp³-hybridized carbons (Fsp3) is 0.188. The fourth-order valence-electron chi connectivity index (χ4n) is 2.58. The summed E-state index contributed by atoms with van der Waals surface area (Å²) >= 11 is 0. The molecule has 0 fully saturated rings. The molecule has 3 N–H and O–H groups in total. The number of nitrogens with zero attached hydrogens (tertiary/aromatic N) is 1. The largest absolute Gasteiger partial charge is 0.573 e. The highest BCUT2D eigenvalue weighted by Crippen LogP contribution is 2.39. The SMILES string of the molecule is [2H]N1C(=O)N(c2cccc(F)c2C)c2cc(OC(F)(F)F)ccc2C1N. The molecule has 1 aliphatic rings. The smallest absolute Gasteiger partial charge is 0.406 e. The minimum absolute atomic E-state index is 0.0125. The molecular weight excluding hydrogens is 342 g/mol.